The summed E-state index contributed by atoms with van der Waals surface area (Å²) >= 11 is 0. The molecule has 0 aliphatic carbocycles. The van der Waals surface area contributed by atoms with Crippen LogP contribution in [0.4, 0.5) is 0 Å². The number of aromatic nitrogens is 2. The molecule has 2 heterocycles. The van der Waals surface area contributed by atoms with Crippen molar-refractivity contribution in [2.24, 2.45) is 0 Å². The van der Waals surface area contributed by atoms with E-state index in [2.05, 4.69) is 22.0 Å². The quantitative estimate of drug-likeness (QED) is 0.802. The number of hydrogen-bond donors (Lipinski definition) is 2. The Morgan fingerprint density at radius 1 is 1.62 bits per heavy atom. The lowest BCUT2D eigenvalue weighted by molar-refractivity contribution is 0.288. The van der Waals surface area contributed by atoms with E-state index >= 15 is 0 Å². The molecule has 0 amide bonds. The fourth-order valence-corrected chi connectivity index (χ4v) is 2.38. The standard InChI is InChI=1S/C12H21N3O/c1-10-11(4-3-7-16)8-14-15(10)12-5-2-6-13-9-12/h8,12-13,16H,2-7,9H2,1H3. The lowest BCUT2D eigenvalue weighted by Gasteiger charge is -2.24. The Labute approximate surface area is 96.7 Å². The highest BCUT2D eigenvalue weighted by atomic mass is 16.2. The molecule has 1 aliphatic heterocycles. The molecule has 1 unspecified atom stereocenters. The lowest BCUT2D eigenvalue weighted by Crippen LogP contribution is -2.32. The van der Waals surface area contributed by atoms with E-state index in [1.807, 2.05) is 6.20 Å². The van der Waals surface area contributed by atoms with Gasteiger partial charge in [-0.3, -0.25) is 4.68 Å². The second-order valence-electron chi connectivity index (χ2n) is 4.53. The maximum Gasteiger partial charge on any atom is 0.0647 e. The molecule has 0 spiro atoms. The van der Waals surface area contributed by atoms with Gasteiger partial charge in [-0.05, 0) is 44.7 Å². The largest absolute Gasteiger partial charge is 0.396 e. The monoisotopic (exact) mass is 223 g/mol. The Kier molecular flexibility index (Phi) is 3.96. The molecule has 1 aromatic rings. The lowest BCUT2D eigenvalue weighted by atomic mass is 10.1. The molecule has 1 atom stereocenters. The highest BCUT2D eigenvalue weighted by Gasteiger charge is 2.18. The minimum absolute atomic E-state index is 0.260. The van der Waals surface area contributed by atoms with E-state index in [9.17, 15) is 0 Å². The third-order valence-corrected chi connectivity index (χ3v) is 3.37. The third kappa shape index (κ3) is 2.44. The molecule has 1 aromatic heterocycles. The van der Waals surface area contributed by atoms with E-state index in [-0.39, 0.29) is 6.61 Å². The van der Waals surface area contributed by atoms with Crippen molar-refractivity contribution in [3.8, 4) is 0 Å². The Morgan fingerprint density at radius 2 is 2.50 bits per heavy atom. The average molecular weight is 223 g/mol. The molecule has 0 radical (unpaired) electrons. The first-order valence-electron chi connectivity index (χ1n) is 6.17. The SMILES string of the molecule is Cc1c(CCCO)cnn1C1CCCNC1. The van der Waals surface area contributed by atoms with Crippen molar-refractivity contribution in [2.75, 3.05) is 19.7 Å². The highest BCUT2D eigenvalue weighted by molar-refractivity contribution is 5.17. The van der Waals surface area contributed by atoms with E-state index in [1.165, 1.54) is 24.1 Å². The summed E-state index contributed by atoms with van der Waals surface area (Å²) in [4.78, 5) is 0. The van der Waals surface area contributed by atoms with Crippen molar-refractivity contribution >= 4 is 0 Å². The molecule has 0 bridgehead atoms. The van der Waals surface area contributed by atoms with Crippen LogP contribution in [0.15, 0.2) is 6.20 Å². The molecule has 4 nitrogen and oxygen atoms in total. The summed E-state index contributed by atoms with van der Waals surface area (Å²) in [5.74, 6) is 0. The predicted molar refractivity (Wildman–Crippen MR) is 63.5 cm³/mol. The Bertz CT molecular complexity index is 329. The Morgan fingerprint density at radius 3 is 3.19 bits per heavy atom. The predicted octanol–water partition coefficient (Wildman–Crippen LogP) is 1.04. The summed E-state index contributed by atoms with van der Waals surface area (Å²) in [5.41, 5.74) is 2.54. The van der Waals surface area contributed by atoms with Crippen LogP contribution in [-0.4, -0.2) is 34.6 Å². The second-order valence-corrected chi connectivity index (χ2v) is 4.53. The van der Waals surface area contributed by atoms with Crippen LogP contribution in [-0.2, 0) is 6.42 Å². The van der Waals surface area contributed by atoms with E-state index < -0.39 is 0 Å². The van der Waals surface area contributed by atoms with Crippen LogP contribution in [0.5, 0.6) is 0 Å². The zero-order valence-corrected chi connectivity index (χ0v) is 9.95. The molecule has 1 saturated heterocycles. The van der Waals surface area contributed by atoms with Crippen LogP contribution in [0.1, 0.15) is 36.6 Å². The van der Waals surface area contributed by atoms with Gasteiger partial charge in [-0.25, -0.2) is 0 Å². The van der Waals surface area contributed by atoms with Gasteiger partial charge in [-0.2, -0.15) is 5.10 Å². The number of aliphatic hydroxyl groups excluding tert-OH is 1. The van der Waals surface area contributed by atoms with Crippen LogP contribution in [0.2, 0.25) is 0 Å². The van der Waals surface area contributed by atoms with Crippen LogP contribution < -0.4 is 5.32 Å². The summed E-state index contributed by atoms with van der Waals surface area (Å²) in [6.07, 6.45) is 6.17. The molecule has 4 heteroatoms. The summed E-state index contributed by atoms with van der Waals surface area (Å²) in [7, 11) is 0. The van der Waals surface area contributed by atoms with Gasteiger partial charge in [0, 0.05) is 18.8 Å². The van der Waals surface area contributed by atoms with Gasteiger partial charge < -0.3 is 10.4 Å². The molecule has 90 valence electrons. The summed E-state index contributed by atoms with van der Waals surface area (Å²) in [6.45, 7) is 4.56. The molecule has 1 aliphatic rings. The first-order chi connectivity index (χ1) is 7.83. The van der Waals surface area contributed by atoms with Crippen molar-refractivity contribution < 1.29 is 5.11 Å². The number of nitrogens with zero attached hydrogens (tertiary/aromatic N) is 2. The van der Waals surface area contributed by atoms with Crippen molar-refractivity contribution in [3.05, 3.63) is 17.5 Å². The molecule has 1 fully saturated rings. The fourth-order valence-electron chi connectivity index (χ4n) is 2.38. The third-order valence-electron chi connectivity index (χ3n) is 3.37. The minimum Gasteiger partial charge on any atom is -0.396 e. The minimum atomic E-state index is 0.260. The van der Waals surface area contributed by atoms with Crippen LogP contribution in [0, 0.1) is 6.92 Å². The first-order valence-corrected chi connectivity index (χ1v) is 6.17. The van der Waals surface area contributed by atoms with Gasteiger partial charge in [0.25, 0.3) is 0 Å². The Balaban J connectivity index is 2.06. The van der Waals surface area contributed by atoms with Crippen molar-refractivity contribution in [2.45, 2.75) is 38.6 Å². The number of hydrogen-bond acceptors (Lipinski definition) is 3. The topological polar surface area (TPSA) is 50.1 Å². The van der Waals surface area contributed by atoms with Crippen LogP contribution >= 0.6 is 0 Å². The second kappa shape index (κ2) is 5.46. The van der Waals surface area contributed by atoms with E-state index in [0.717, 1.165) is 25.9 Å². The van der Waals surface area contributed by atoms with Gasteiger partial charge in [0.1, 0.15) is 0 Å². The number of nitrogens with one attached hydrogen (secondary N) is 1. The van der Waals surface area contributed by atoms with Gasteiger partial charge in [0.2, 0.25) is 0 Å². The van der Waals surface area contributed by atoms with Gasteiger partial charge in [0.15, 0.2) is 0 Å². The molecule has 16 heavy (non-hydrogen) atoms. The summed E-state index contributed by atoms with van der Waals surface area (Å²) < 4.78 is 2.15. The van der Waals surface area contributed by atoms with Gasteiger partial charge in [-0.15, -0.1) is 0 Å². The maximum absolute atomic E-state index is 8.84. The molecule has 0 aromatic carbocycles. The van der Waals surface area contributed by atoms with Crippen molar-refractivity contribution in [3.63, 3.8) is 0 Å². The molecule has 2 N–H and O–H groups in total. The zero-order valence-electron chi connectivity index (χ0n) is 9.95. The van der Waals surface area contributed by atoms with Gasteiger partial charge in [-0.1, -0.05) is 0 Å². The summed E-state index contributed by atoms with van der Waals surface area (Å²) in [6, 6.07) is 0.511. The first kappa shape index (κ1) is 11.6. The number of aryl methyl sites for hydroxylation is 1. The smallest absolute Gasteiger partial charge is 0.0647 e. The Hall–Kier alpha value is -0.870. The maximum atomic E-state index is 8.84. The van der Waals surface area contributed by atoms with Crippen molar-refractivity contribution in [1.82, 2.24) is 15.1 Å². The summed E-state index contributed by atoms with van der Waals surface area (Å²) in [5, 5.41) is 16.7. The van der Waals surface area contributed by atoms with Crippen LogP contribution in [0.25, 0.3) is 0 Å². The van der Waals surface area contributed by atoms with E-state index in [0.29, 0.717) is 6.04 Å². The van der Waals surface area contributed by atoms with E-state index in [4.69, 9.17) is 5.11 Å². The van der Waals surface area contributed by atoms with E-state index in [1.54, 1.807) is 0 Å². The normalized spacial score (nSPS) is 21.2. The van der Waals surface area contributed by atoms with Crippen LogP contribution in [0.3, 0.4) is 0 Å². The molecular formula is C12H21N3O. The molecule has 2 rings (SSSR count). The number of piperidine rings is 1. The molecule has 0 saturated carbocycles. The average Bonchev–Trinajstić information content (AvgIpc) is 2.69. The number of aliphatic hydroxyl groups is 1. The van der Waals surface area contributed by atoms with Gasteiger partial charge >= 0.3 is 0 Å². The molecular weight excluding hydrogens is 202 g/mol. The number of rotatable bonds is 4. The highest BCUT2D eigenvalue weighted by Crippen LogP contribution is 2.20. The van der Waals surface area contributed by atoms with Gasteiger partial charge in [0.05, 0.1) is 12.2 Å². The zero-order chi connectivity index (χ0) is 11.4. The fraction of sp³-hybridized carbons (Fsp3) is 0.750. The van der Waals surface area contributed by atoms with Crippen molar-refractivity contribution in [1.29, 1.82) is 0 Å².